The van der Waals surface area contributed by atoms with E-state index in [1.165, 1.54) is 3.97 Å². The van der Waals surface area contributed by atoms with Crippen molar-refractivity contribution in [3.05, 3.63) is 53.7 Å². The number of likely N-dealkylation sites (N-methyl/N-ethyl adjacent to an activating group) is 1. The van der Waals surface area contributed by atoms with Gasteiger partial charge in [-0.15, -0.1) is 0 Å². The van der Waals surface area contributed by atoms with Crippen molar-refractivity contribution in [2.45, 2.75) is 31.1 Å². The molecule has 0 bridgehead atoms. The lowest BCUT2D eigenvalue weighted by Gasteiger charge is -2.21. The molecule has 0 spiro atoms. The quantitative estimate of drug-likeness (QED) is 0.545. The average molecular weight is 369 g/mol. The van der Waals surface area contributed by atoms with Crippen molar-refractivity contribution in [3.63, 3.8) is 0 Å². The second-order valence-electron chi connectivity index (χ2n) is 7.62. The van der Waals surface area contributed by atoms with Crippen molar-refractivity contribution in [1.82, 2.24) is 8.87 Å². The maximum Gasteiger partial charge on any atom is 0.268 e. The molecular weight excluding hydrogens is 344 g/mol. The van der Waals surface area contributed by atoms with Crippen LogP contribution in [0.25, 0.3) is 22.0 Å². The minimum absolute atomic E-state index is 0.353. The molecule has 0 saturated heterocycles. The third-order valence-electron chi connectivity index (χ3n) is 5.20. The van der Waals surface area contributed by atoms with Crippen molar-refractivity contribution in [2.24, 2.45) is 0 Å². The van der Waals surface area contributed by atoms with Gasteiger partial charge in [-0.3, -0.25) is 0 Å². The second-order valence-corrected chi connectivity index (χ2v) is 9.40. The fraction of sp³-hybridized carbons (Fsp3) is 0.333. The zero-order valence-electron chi connectivity index (χ0n) is 15.7. The molecule has 26 heavy (non-hydrogen) atoms. The maximum atomic E-state index is 13.3. The van der Waals surface area contributed by atoms with Crippen LogP contribution in [0.4, 0.5) is 0 Å². The van der Waals surface area contributed by atoms with E-state index >= 15 is 0 Å². The summed E-state index contributed by atoms with van der Waals surface area (Å²) in [6.45, 7) is 5.14. The molecule has 2 heterocycles. The van der Waals surface area contributed by atoms with Gasteiger partial charge in [0.05, 0.1) is 10.4 Å². The zero-order valence-corrected chi connectivity index (χ0v) is 16.5. The molecule has 5 heteroatoms. The summed E-state index contributed by atoms with van der Waals surface area (Å²) in [7, 11) is 0.496. The molecule has 2 aromatic carbocycles. The van der Waals surface area contributed by atoms with Crippen LogP contribution in [0, 0.1) is 0 Å². The van der Waals surface area contributed by atoms with E-state index in [9.17, 15) is 8.42 Å². The van der Waals surface area contributed by atoms with Gasteiger partial charge in [0.1, 0.15) is 0 Å². The van der Waals surface area contributed by atoms with E-state index in [0.717, 1.165) is 46.1 Å². The van der Waals surface area contributed by atoms with E-state index in [1.807, 2.05) is 50.6 Å². The van der Waals surface area contributed by atoms with Crippen LogP contribution < -0.4 is 0 Å². The summed E-state index contributed by atoms with van der Waals surface area (Å²) in [5.74, 6) is 0.353. The molecule has 136 valence electrons. The summed E-state index contributed by atoms with van der Waals surface area (Å²) in [6, 6.07) is 11.8. The van der Waals surface area contributed by atoms with Gasteiger partial charge in [0.2, 0.25) is 0 Å². The van der Waals surface area contributed by atoms with E-state index in [2.05, 4.69) is 18.7 Å². The van der Waals surface area contributed by atoms with Crippen LogP contribution in [0.1, 0.15) is 30.9 Å². The minimum atomic E-state index is -3.56. The Morgan fingerprint density at radius 2 is 1.85 bits per heavy atom. The van der Waals surface area contributed by atoms with Gasteiger partial charge in [-0.25, -0.2) is 12.4 Å². The number of nitrogens with zero attached hydrogens (tertiary/aromatic N) is 2. The summed E-state index contributed by atoms with van der Waals surface area (Å²) in [4.78, 5) is 2.52. The van der Waals surface area contributed by atoms with Crippen LogP contribution in [0.2, 0.25) is 0 Å². The fourth-order valence-electron chi connectivity index (χ4n) is 3.71. The van der Waals surface area contributed by atoms with Gasteiger partial charge < -0.3 is 4.90 Å². The molecule has 1 aromatic heterocycles. The molecule has 4 rings (SSSR count). The minimum Gasteiger partial charge on any atom is -0.309 e. The van der Waals surface area contributed by atoms with Crippen LogP contribution >= 0.6 is 0 Å². The zero-order chi connectivity index (χ0) is 18.6. The Hall–Kier alpha value is -2.11. The van der Waals surface area contributed by atoms with Crippen molar-refractivity contribution >= 4 is 20.9 Å². The second kappa shape index (κ2) is 5.96. The molecule has 0 radical (unpaired) electrons. The van der Waals surface area contributed by atoms with E-state index in [0.29, 0.717) is 10.8 Å². The van der Waals surface area contributed by atoms with Gasteiger partial charge in [-0.2, -0.15) is 0 Å². The lowest BCUT2D eigenvalue weighted by molar-refractivity contribution is 0.414. The predicted octanol–water partition coefficient (Wildman–Crippen LogP) is 4.09. The molecule has 0 fully saturated rings. The molecule has 1 aliphatic rings. The number of para-hydroxylation sites is 1. The molecule has 1 aliphatic heterocycles. The summed E-state index contributed by atoms with van der Waals surface area (Å²) in [5, 5.41) is 1.04. The van der Waals surface area contributed by atoms with Gasteiger partial charge >= 0.3 is 0 Å². The highest BCUT2D eigenvalue weighted by Crippen LogP contribution is 2.42. The van der Waals surface area contributed by atoms with Crippen LogP contribution in [-0.4, -0.2) is 37.9 Å². The van der Waals surface area contributed by atoms with E-state index in [-0.39, 0.29) is 0 Å². The van der Waals surface area contributed by atoms with Crippen molar-refractivity contribution in [3.8, 4) is 11.1 Å². The summed E-state index contributed by atoms with van der Waals surface area (Å²) in [6.07, 6.45) is 2.63. The summed E-state index contributed by atoms with van der Waals surface area (Å²) < 4.78 is 28.0. The fourth-order valence-corrected chi connectivity index (χ4v) is 5.32. The number of aromatic nitrogens is 1. The van der Waals surface area contributed by atoms with Gasteiger partial charge in [0.15, 0.2) is 0 Å². The van der Waals surface area contributed by atoms with Crippen molar-refractivity contribution in [1.29, 1.82) is 0 Å². The lowest BCUT2D eigenvalue weighted by atomic mass is 9.95. The van der Waals surface area contributed by atoms with Gasteiger partial charge in [-0.1, -0.05) is 38.1 Å². The van der Waals surface area contributed by atoms with Crippen LogP contribution in [0.3, 0.4) is 0 Å². The lowest BCUT2D eigenvalue weighted by Crippen LogP contribution is -2.17. The highest BCUT2D eigenvalue weighted by atomic mass is 32.2. The highest BCUT2D eigenvalue weighted by Gasteiger charge is 2.31. The van der Waals surface area contributed by atoms with E-state index < -0.39 is 10.0 Å². The number of hydrogen-bond acceptors (Lipinski definition) is 3. The largest absolute Gasteiger partial charge is 0.309 e. The first kappa shape index (κ1) is 17.3. The molecule has 0 N–H and O–H groups in total. The van der Waals surface area contributed by atoms with Crippen LogP contribution in [0.5, 0.6) is 0 Å². The normalized spacial score (nSPS) is 15.0. The SMILES string of the molecule is CC(C)c1ccc2c(c1)-c1cccc3c(CCN(C)C)cn(c13)S2(=O)=O. The Morgan fingerprint density at radius 1 is 1.08 bits per heavy atom. The van der Waals surface area contributed by atoms with Crippen LogP contribution in [0.15, 0.2) is 47.5 Å². The molecule has 0 aliphatic carbocycles. The Morgan fingerprint density at radius 3 is 2.54 bits per heavy atom. The Kier molecular flexibility index (Phi) is 3.97. The summed E-state index contributed by atoms with van der Waals surface area (Å²) >= 11 is 0. The molecule has 0 atom stereocenters. The molecule has 3 aromatic rings. The Balaban J connectivity index is 2.02. The monoisotopic (exact) mass is 368 g/mol. The topological polar surface area (TPSA) is 42.3 Å². The predicted molar refractivity (Wildman–Crippen MR) is 106 cm³/mol. The Labute approximate surface area is 155 Å². The van der Waals surface area contributed by atoms with Crippen LogP contribution in [-0.2, 0) is 16.4 Å². The van der Waals surface area contributed by atoms with E-state index in [4.69, 9.17) is 0 Å². The van der Waals surface area contributed by atoms with Gasteiger partial charge in [0.25, 0.3) is 10.0 Å². The number of hydrogen-bond donors (Lipinski definition) is 0. The number of rotatable bonds is 4. The summed E-state index contributed by atoms with van der Waals surface area (Å²) in [5.41, 5.74) is 4.88. The smallest absolute Gasteiger partial charge is 0.268 e. The average Bonchev–Trinajstić information content (AvgIpc) is 2.98. The standard InChI is InChI=1S/C21H24N2O2S/c1-14(2)15-8-9-20-19(12-15)18-7-5-6-17-16(10-11-22(3)4)13-23(21(17)18)26(20,24)25/h5-9,12-14H,10-11H2,1-4H3. The molecular formula is C21H24N2O2S. The number of benzene rings is 2. The number of fused-ring (bicyclic) bond motifs is 2. The highest BCUT2D eigenvalue weighted by molar-refractivity contribution is 7.90. The third-order valence-corrected chi connectivity index (χ3v) is 6.92. The Bertz CT molecular complexity index is 1110. The first-order valence-electron chi connectivity index (χ1n) is 8.98. The van der Waals surface area contributed by atoms with Gasteiger partial charge in [0, 0.05) is 29.3 Å². The maximum absolute atomic E-state index is 13.3. The molecule has 4 nitrogen and oxygen atoms in total. The first-order chi connectivity index (χ1) is 12.3. The first-order valence-corrected chi connectivity index (χ1v) is 10.4. The van der Waals surface area contributed by atoms with Gasteiger partial charge in [-0.05, 0) is 49.7 Å². The van der Waals surface area contributed by atoms with Crippen molar-refractivity contribution in [2.75, 3.05) is 20.6 Å². The molecule has 0 unspecified atom stereocenters. The molecule has 0 saturated carbocycles. The van der Waals surface area contributed by atoms with E-state index in [1.54, 1.807) is 6.07 Å². The molecule has 0 amide bonds. The van der Waals surface area contributed by atoms with Crippen molar-refractivity contribution < 1.29 is 8.42 Å². The third kappa shape index (κ3) is 2.49.